The molecule has 0 saturated carbocycles. The summed E-state index contributed by atoms with van der Waals surface area (Å²) in [7, 11) is -0.0708. The first kappa shape index (κ1) is 21.9. The fourth-order valence-electron chi connectivity index (χ4n) is 4.47. The summed E-state index contributed by atoms with van der Waals surface area (Å²) >= 11 is 6.12. The molecule has 2 saturated heterocycles. The smallest absolute Gasteiger partial charge is 0.241 e. The first-order chi connectivity index (χ1) is 14.8. The van der Waals surface area contributed by atoms with Crippen molar-refractivity contribution < 1.29 is 22.7 Å². The van der Waals surface area contributed by atoms with E-state index in [0.717, 1.165) is 5.56 Å². The Hall–Kier alpha value is -2.29. The molecule has 2 atom stereocenters. The number of ether oxygens (including phenoxy) is 2. The second-order valence-electron chi connectivity index (χ2n) is 7.87. The number of carbonyl (C=O) groups excluding carboxylic acids is 1. The van der Waals surface area contributed by atoms with E-state index in [0.29, 0.717) is 35.2 Å². The van der Waals surface area contributed by atoms with Crippen LogP contribution in [-0.2, 0) is 21.1 Å². The summed E-state index contributed by atoms with van der Waals surface area (Å²) in [5.41, 5.74) is 1.67. The molecule has 0 bridgehead atoms. The van der Waals surface area contributed by atoms with Crippen molar-refractivity contribution in [2.45, 2.75) is 18.5 Å². The standard InChI is InChI=1S/C22H25ClN2O5S/c1-29-20-7-6-15(10-21(20)30-2)8-9-24-12-22(26)25(17-5-3-4-16(23)11-17)19-14-31(27,28)13-18(19)24/h3-7,10-11,18-19H,8-9,12-14H2,1-2H3/t18-,19-/m0/s1. The summed E-state index contributed by atoms with van der Waals surface area (Å²) in [4.78, 5) is 16.7. The normalized spacial score (nSPS) is 22.9. The van der Waals surface area contributed by atoms with Crippen molar-refractivity contribution in [1.82, 2.24) is 4.90 Å². The zero-order valence-corrected chi connectivity index (χ0v) is 19.0. The minimum Gasteiger partial charge on any atom is -0.493 e. The van der Waals surface area contributed by atoms with Gasteiger partial charge in [0.2, 0.25) is 5.91 Å². The fourth-order valence-corrected chi connectivity index (χ4v) is 6.64. The van der Waals surface area contributed by atoms with Gasteiger partial charge in [-0.2, -0.15) is 0 Å². The van der Waals surface area contributed by atoms with Crippen LogP contribution < -0.4 is 14.4 Å². The molecule has 7 nitrogen and oxygen atoms in total. The molecule has 2 heterocycles. The molecule has 2 aliphatic rings. The highest BCUT2D eigenvalue weighted by Gasteiger charge is 2.49. The summed E-state index contributed by atoms with van der Waals surface area (Å²) in [5, 5.41) is 0.513. The number of piperazine rings is 1. The van der Waals surface area contributed by atoms with Crippen molar-refractivity contribution in [3.63, 3.8) is 0 Å². The summed E-state index contributed by atoms with van der Waals surface area (Å²) in [6.45, 7) is 0.734. The third kappa shape index (κ3) is 4.51. The number of amides is 1. The number of sulfone groups is 1. The van der Waals surface area contributed by atoms with E-state index in [9.17, 15) is 13.2 Å². The number of methoxy groups -OCH3 is 2. The van der Waals surface area contributed by atoms with E-state index in [1.54, 1.807) is 43.4 Å². The molecule has 0 unspecified atom stereocenters. The molecule has 0 aromatic heterocycles. The zero-order chi connectivity index (χ0) is 22.2. The van der Waals surface area contributed by atoms with Crippen molar-refractivity contribution in [2.75, 3.05) is 43.7 Å². The number of rotatable bonds is 6. The van der Waals surface area contributed by atoms with E-state index < -0.39 is 15.9 Å². The van der Waals surface area contributed by atoms with Crippen LogP contribution >= 0.6 is 11.6 Å². The van der Waals surface area contributed by atoms with Gasteiger partial charge >= 0.3 is 0 Å². The Morgan fingerprint density at radius 1 is 1.03 bits per heavy atom. The molecular weight excluding hydrogens is 440 g/mol. The maximum Gasteiger partial charge on any atom is 0.241 e. The van der Waals surface area contributed by atoms with Crippen LogP contribution in [0.5, 0.6) is 11.5 Å². The predicted molar refractivity (Wildman–Crippen MR) is 120 cm³/mol. The molecule has 2 fully saturated rings. The number of hydrogen-bond acceptors (Lipinski definition) is 6. The summed E-state index contributed by atoms with van der Waals surface area (Å²) in [5.74, 6) is 1.19. The van der Waals surface area contributed by atoms with E-state index >= 15 is 0 Å². The quantitative estimate of drug-likeness (QED) is 0.653. The van der Waals surface area contributed by atoms with Gasteiger partial charge in [-0.25, -0.2) is 8.42 Å². The number of nitrogens with zero attached hydrogens (tertiary/aromatic N) is 2. The molecule has 2 aromatic carbocycles. The molecule has 9 heteroatoms. The van der Waals surface area contributed by atoms with Gasteiger partial charge in [-0.15, -0.1) is 0 Å². The number of benzene rings is 2. The highest BCUT2D eigenvalue weighted by molar-refractivity contribution is 7.91. The largest absolute Gasteiger partial charge is 0.493 e. The topological polar surface area (TPSA) is 76.2 Å². The molecule has 0 aliphatic carbocycles. The van der Waals surface area contributed by atoms with Crippen LogP contribution in [0.4, 0.5) is 5.69 Å². The molecule has 166 valence electrons. The lowest BCUT2D eigenvalue weighted by molar-refractivity contribution is -0.123. The van der Waals surface area contributed by atoms with Crippen LogP contribution in [0, 0.1) is 0 Å². The van der Waals surface area contributed by atoms with E-state index in [-0.39, 0.29) is 30.0 Å². The molecule has 2 aliphatic heterocycles. The SMILES string of the molecule is COc1ccc(CCN2CC(=O)N(c3cccc(Cl)c3)[C@H]3CS(=O)(=O)C[C@@H]32)cc1OC. The molecule has 0 N–H and O–H groups in total. The Morgan fingerprint density at radius 3 is 2.48 bits per heavy atom. The lowest BCUT2D eigenvalue weighted by Crippen LogP contribution is -2.62. The van der Waals surface area contributed by atoms with Gasteiger partial charge in [-0.1, -0.05) is 23.7 Å². The van der Waals surface area contributed by atoms with Gasteiger partial charge in [0.15, 0.2) is 21.3 Å². The summed E-state index contributed by atoms with van der Waals surface area (Å²) in [6.07, 6.45) is 0.661. The Kier molecular flexibility index (Phi) is 6.14. The van der Waals surface area contributed by atoms with E-state index in [1.807, 2.05) is 23.1 Å². The maximum atomic E-state index is 13.1. The predicted octanol–water partition coefficient (Wildman–Crippen LogP) is 2.41. The minimum atomic E-state index is -3.24. The first-order valence-electron chi connectivity index (χ1n) is 10.0. The Bertz CT molecular complexity index is 1090. The number of fused-ring (bicyclic) bond motifs is 1. The maximum absolute atomic E-state index is 13.1. The van der Waals surface area contributed by atoms with Crippen molar-refractivity contribution in [3.05, 3.63) is 53.1 Å². The van der Waals surface area contributed by atoms with Crippen LogP contribution in [0.3, 0.4) is 0 Å². The molecule has 0 spiro atoms. The number of anilines is 1. The van der Waals surface area contributed by atoms with Crippen molar-refractivity contribution in [2.24, 2.45) is 0 Å². The first-order valence-corrected chi connectivity index (χ1v) is 12.2. The third-order valence-corrected chi connectivity index (χ3v) is 7.86. The van der Waals surface area contributed by atoms with E-state index in [1.165, 1.54) is 0 Å². The number of carbonyl (C=O) groups is 1. The van der Waals surface area contributed by atoms with Crippen molar-refractivity contribution in [1.29, 1.82) is 0 Å². The molecule has 1 amide bonds. The molecule has 2 aromatic rings. The highest BCUT2D eigenvalue weighted by Crippen LogP contribution is 2.33. The Morgan fingerprint density at radius 2 is 1.77 bits per heavy atom. The Labute approximate surface area is 187 Å². The Balaban J connectivity index is 1.56. The monoisotopic (exact) mass is 464 g/mol. The van der Waals surface area contributed by atoms with E-state index in [2.05, 4.69) is 0 Å². The van der Waals surface area contributed by atoms with Crippen LogP contribution in [0.15, 0.2) is 42.5 Å². The molecule has 0 radical (unpaired) electrons. The average molecular weight is 465 g/mol. The van der Waals surface area contributed by atoms with Gasteiger partial charge in [0.25, 0.3) is 0 Å². The van der Waals surface area contributed by atoms with Crippen LogP contribution in [0.25, 0.3) is 0 Å². The summed E-state index contributed by atoms with van der Waals surface area (Å²) < 4.78 is 35.6. The molecule has 31 heavy (non-hydrogen) atoms. The van der Waals surface area contributed by atoms with Gasteiger partial charge in [0, 0.05) is 23.3 Å². The van der Waals surface area contributed by atoms with Crippen LogP contribution in [-0.4, -0.2) is 70.1 Å². The molecule has 4 rings (SSSR count). The fraction of sp³-hybridized carbons (Fsp3) is 0.409. The van der Waals surface area contributed by atoms with Crippen molar-refractivity contribution >= 4 is 33.0 Å². The van der Waals surface area contributed by atoms with Gasteiger partial charge < -0.3 is 14.4 Å². The summed E-state index contributed by atoms with van der Waals surface area (Å²) in [6, 6.07) is 12.0. The third-order valence-electron chi connectivity index (χ3n) is 5.92. The lowest BCUT2D eigenvalue weighted by Gasteiger charge is -2.43. The van der Waals surface area contributed by atoms with Gasteiger partial charge in [0.05, 0.1) is 38.3 Å². The molecular formula is C22H25ClN2O5S. The zero-order valence-electron chi connectivity index (χ0n) is 17.5. The van der Waals surface area contributed by atoms with Gasteiger partial charge in [-0.05, 0) is 42.3 Å². The highest BCUT2D eigenvalue weighted by atomic mass is 35.5. The average Bonchev–Trinajstić information content (AvgIpc) is 3.06. The van der Waals surface area contributed by atoms with Crippen molar-refractivity contribution in [3.8, 4) is 11.5 Å². The number of hydrogen-bond donors (Lipinski definition) is 0. The van der Waals surface area contributed by atoms with Gasteiger partial charge in [0.1, 0.15) is 0 Å². The second-order valence-corrected chi connectivity index (χ2v) is 10.5. The number of halogens is 1. The van der Waals surface area contributed by atoms with Gasteiger partial charge in [-0.3, -0.25) is 9.69 Å². The van der Waals surface area contributed by atoms with E-state index in [4.69, 9.17) is 21.1 Å². The second kappa shape index (κ2) is 8.68. The lowest BCUT2D eigenvalue weighted by atomic mass is 10.0. The minimum absolute atomic E-state index is 0.0389. The van der Waals surface area contributed by atoms with Crippen LogP contribution in [0.1, 0.15) is 5.56 Å². The van der Waals surface area contributed by atoms with Crippen LogP contribution in [0.2, 0.25) is 5.02 Å².